The van der Waals surface area contributed by atoms with Gasteiger partial charge in [0, 0.05) is 31.0 Å². The average Bonchev–Trinajstić information content (AvgIpc) is 2.88. The van der Waals surface area contributed by atoms with Crippen molar-refractivity contribution in [3.63, 3.8) is 0 Å². The van der Waals surface area contributed by atoms with Gasteiger partial charge in [0.1, 0.15) is 5.69 Å². The average molecular weight is 294 g/mol. The molecule has 22 heavy (non-hydrogen) atoms. The number of hydrogen-bond acceptors (Lipinski definition) is 5. The summed E-state index contributed by atoms with van der Waals surface area (Å²) in [6, 6.07) is 12.3. The molecule has 0 spiro atoms. The van der Waals surface area contributed by atoms with Gasteiger partial charge >= 0.3 is 0 Å². The molecule has 0 saturated heterocycles. The molecule has 1 aliphatic rings. The van der Waals surface area contributed by atoms with Gasteiger partial charge < -0.3 is 10.2 Å². The Morgan fingerprint density at radius 2 is 2.14 bits per heavy atom. The summed E-state index contributed by atoms with van der Waals surface area (Å²) in [5.41, 5.74) is 3.76. The second-order valence-corrected chi connectivity index (χ2v) is 5.24. The van der Waals surface area contributed by atoms with Gasteiger partial charge in [-0.2, -0.15) is 5.26 Å². The van der Waals surface area contributed by atoms with E-state index in [9.17, 15) is 10.1 Å². The van der Waals surface area contributed by atoms with E-state index >= 15 is 0 Å². The Morgan fingerprint density at radius 1 is 1.32 bits per heavy atom. The lowest BCUT2D eigenvalue weighted by Crippen LogP contribution is -2.12. The van der Waals surface area contributed by atoms with Gasteiger partial charge in [-0.15, -0.1) is 0 Å². The number of rotatable bonds is 3. The molecular weight excluding hydrogens is 280 g/mol. The Bertz CT molecular complexity index is 795. The number of nitro benzene ring substituents is 1. The molecule has 2 aromatic rings. The predicted octanol–water partition coefficient (Wildman–Crippen LogP) is 3.20. The summed E-state index contributed by atoms with van der Waals surface area (Å²) in [6.07, 6.45) is 1.02. The van der Waals surface area contributed by atoms with Crippen LogP contribution in [0, 0.1) is 21.4 Å². The van der Waals surface area contributed by atoms with Crippen LogP contribution in [-0.4, -0.2) is 18.5 Å². The summed E-state index contributed by atoms with van der Waals surface area (Å²) in [7, 11) is 2.03. The Balaban J connectivity index is 1.95. The van der Waals surface area contributed by atoms with Crippen molar-refractivity contribution in [1.29, 1.82) is 5.26 Å². The summed E-state index contributed by atoms with van der Waals surface area (Å²) in [4.78, 5) is 12.8. The molecule has 0 saturated carbocycles. The maximum absolute atomic E-state index is 11.2. The van der Waals surface area contributed by atoms with Gasteiger partial charge in [-0.05, 0) is 36.2 Å². The second kappa shape index (κ2) is 5.37. The van der Waals surface area contributed by atoms with Crippen molar-refractivity contribution in [1.82, 2.24) is 0 Å². The van der Waals surface area contributed by atoms with Gasteiger partial charge in [0.2, 0.25) is 0 Å². The van der Waals surface area contributed by atoms with Crippen LogP contribution in [0.25, 0.3) is 0 Å². The molecule has 0 radical (unpaired) electrons. The zero-order valence-corrected chi connectivity index (χ0v) is 12.0. The Kier molecular flexibility index (Phi) is 3.39. The van der Waals surface area contributed by atoms with E-state index in [-0.39, 0.29) is 11.3 Å². The van der Waals surface area contributed by atoms with E-state index in [4.69, 9.17) is 5.26 Å². The number of nitro groups is 1. The molecule has 1 N–H and O–H groups in total. The zero-order valence-electron chi connectivity index (χ0n) is 12.0. The maximum Gasteiger partial charge on any atom is 0.293 e. The molecule has 110 valence electrons. The van der Waals surface area contributed by atoms with E-state index in [1.807, 2.05) is 31.3 Å². The quantitative estimate of drug-likeness (QED) is 0.694. The van der Waals surface area contributed by atoms with E-state index in [0.717, 1.165) is 24.3 Å². The third kappa shape index (κ3) is 2.44. The molecule has 0 atom stereocenters. The van der Waals surface area contributed by atoms with Crippen LogP contribution < -0.4 is 10.2 Å². The molecular formula is C16H14N4O2. The van der Waals surface area contributed by atoms with Crippen LogP contribution in [0.4, 0.5) is 22.7 Å². The number of likely N-dealkylation sites (N-methyl/N-ethyl adjacent to an activating group) is 1. The first-order chi connectivity index (χ1) is 10.6. The monoisotopic (exact) mass is 294 g/mol. The fraction of sp³-hybridized carbons (Fsp3) is 0.188. The molecule has 1 aliphatic heterocycles. The van der Waals surface area contributed by atoms with Crippen molar-refractivity contribution in [3.8, 4) is 6.07 Å². The number of hydrogen-bond donors (Lipinski definition) is 1. The minimum absolute atomic E-state index is 0.104. The molecule has 1 heterocycles. The number of nitrogens with zero attached hydrogens (tertiary/aromatic N) is 3. The third-order valence-corrected chi connectivity index (χ3v) is 3.82. The van der Waals surface area contributed by atoms with Gasteiger partial charge in [-0.3, -0.25) is 10.1 Å². The van der Waals surface area contributed by atoms with E-state index in [2.05, 4.69) is 10.2 Å². The van der Waals surface area contributed by atoms with Crippen molar-refractivity contribution in [2.24, 2.45) is 0 Å². The second-order valence-electron chi connectivity index (χ2n) is 5.24. The molecule has 0 amide bonds. The van der Waals surface area contributed by atoms with Crippen molar-refractivity contribution >= 4 is 22.7 Å². The Morgan fingerprint density at radius 3 is 2.86 bits per heavy atom. The summed E-state index contributed by atoms with van der Waals surface area (Å²) < 4.78 is 0. The number of benzene rings is 2. The lowest BCUT2D eigenvalue weighted by molar-refractivity contribution is -0.383. The highest BCUT2D eigenvalue weighted by molar-refractivity contribution is 5.74. The minimum Gasteiger partial charge on any atom is -0.374 e. The normalized spacial score (nSPS) is 12.6. The van der Waals surface area contributed by atoms with Crippen LogP contribution >= 0.6 is 0 Å². The number of anilines is 3. The fourth-order valence-electron chi connectivity index (χ4n) is 2.63. The first-order valence-corrected chi connectivity index (χ1v) is 6.88. The van der Waals surface area contributed by atoms with Crippen LogP contribution in [0.1, 0.15) is 11.1 Å². The van der Waals surface area contributed by atoms with Crippen LogP contribution in [0.5, 0.6) is 0 Å². The highest BCUT2D eigenvalue weighted by Crippen LogP contribution is 2.33. The maximum atomic E-state index is 11.2. The van der Waals surface area contributed by atoms with Gasteiger partial charge in [-0.1, -0.05) is 6.07 Å². The van der Waals surface area contributed by atoms with Crippen LogP contribution in [0.2, 0.25) is 0 Å². The lowest BCUT2D eigenvalue weighted by Gasteiger charge is -2.14. The van der Waals surface area contributed by atoms with E-state index in [1.165, 1.54) is 11.6 Å². The Labute approximate surface area is 127 Å². The van der Waals surface area contributed by atoms with Crippen molar-refractivity contribution in [3.05, 3.63) is 57.6 Å². The van der Waals surface area contributed by atoms with Gasteiger partial charge in [0.05, 0.1) is 16.6 Å². The fourth-order valence-corrected chi connectivity index (χ4v) is 2.63. The van der Waals surface area contributed by atoms with E-state index in [1.54, 1.807) is 12.1 Å². The van der Waals surface area contributed by atoms with Crippen LogP contribution in [-0.2, 0) is 6.42 Å². The van der Waals surface area contributed by atoms with Crippen LogP contribution in [0.15, 0.2) is 36.4 Å². The number of fused-ring (bicyclic) bond motifs is 1. The highest BCUT2D eigenvalue weighted by Gasteiger charge is 2.18. The smallest absolute Gasteiger partial charge is 0.293 e. The molecule has 2 aromatic carbocycles. The molecule has 0 bridgehead atoms. The van der Waals surface area contributed by atoms with Crippen molar-refractivity contribution in [2.45, 2.75) is 6.42 Å². The lowest BCUT2D eigenvalue weighted by atomic mass is 10.1. The molecule has 0 fully saturated rings. The zero-order chi connectivity index (χ0) is 15.7. The summed E-state index contributed by atoms with van der Waals surface area (Å²) in [5, 5.41) is 23.1. The van der Waals surface area contributed by atoms with E-state index < -0.39 is 4.92 Å². The largest absolute Gasteiger partial charge is 0.374 e. The molecule has 3 rings (SSSR count). The SMILES string of the molecule is CN1CCc2ccc(Nc3ccc(C#N)cc3[N+](=O)[O-])cc21. The van der Waals surface area contributed by atoms with Gasteiger partial charge in [-0.25, -0.2) is 0 Å². The molecule has 0 aliphatic carbocycles. The minimum atomic E-state index is -0.483. The standard InChI is InChI=1S/C16H14N4O2/c1-19-7-6-12-3-4-13(9-15(12)19)18-14-5-2-11(10-17)8-16(14)20(21)22/h2-5,8-9,18H,6-7H2,1H3. The number of nitrogens with one attached hydrogen (secondary N) is 1. The molecule has 0 aromatic heterocycles. The Hall–Kier alpha value is -3.07. The van der Waals surface area contributed by atoms with Gasteiger partial charge in [0.15, 0.2) is 0 Å². The van der Waals surface area contributed by atoms with Gasteiger partial charge in [0.25, 0.3) is 5.69 Å². The molecule has 0 unspecified atom stereocenters. The summed E-state index contributed by atoms with van der Waals surface area (Å²) in [6.45, 7) is 0.982. The highest BCUT2D eigenvalue weighted by atomic mass is 16.6. The van der Waals surface area contributed by atoms with Crippen LogP contribution in [0.3, 0.4) is 0 Å². The first kappa shape index (κ1) is 13.9. The van der Waals surface area contributed by atoms with Crippen molar-refractivity contribution in [2.75, 3.05) is 23.8 Å². The predicted molar refractivity (Wildman–Crippen MR) is 84.5 cm³/mol. The van der Waals surface area contributed by atoms with E-state index in [0.29, 0.717) is 5.69 Å². The topological polar surface area (TPSA) is 82.2 Å². The summed E-state index contributed by atoms with van der Waals surface area (Å²) >= 11 is 0. The molecule has 6 heteroatoms. The molecule has 6 nitrogen and oxygen atoms in total. The number of nitriles is 1. The van der Waals surface area contributed by atoms with Crippen molar-refractivity contribution < 1.29 is 4.92 Å². The third-order valence-electron chi connectivity index (χ3n) is 3.82. The summed E-state index contributed by atoms with van der Waals surface area (Å²) in [5.74, 6) is 0. The first-order valence-electron chi connectivity index (χ1n) is 6.88.